The van der Waals surface area contributed by atoms with E-state index in [0.717, 1.165) is 12.8 Å². The number of nitrogens with zero attached hydrogens (tertiary/aromatic N) is 2. The van der Waals surface area contributed by atoms with Crippen molar-refractivity contribution in [1.29, 1.82) is 5.26 Å². The highest BCUT2D eigenvalue weighted by molar-refractivity contribution is 5.75. The first-order chi connectivity index (χ1) is 11.3. The zero-order valence-electron chi connectivity index (χ0n) is 13.6. The largest absolute Gasteiger partial charge is 0.331 e. The fourth-order valence-corrected chi connectivity index (χ4v) is 3.86. The van der Waals surface area contributed by atoms with Gasteiger partial charge in [-0.15, -0.1) is 0 Å². The van der Waals surface area contributed by atoms with Crippen molar-refractivity contribution in [1.82, 2.24) is 10.2 Å². The van der Waals surface area contributed by atoms with Crippen LogP contribution in [0.4, 0.5) is 4.79 Å². The number of hydrogen-bond acceptors (Lipinski definition) is 2. The maximum absolute atomic E-state index is 12.7. The molecule has 0 unspecified atom stereocenters. The van der Waals surface area contributed by atoms with Gasteiger partial charge >= 0.3 is 6.03 Å². The highest BCUT2D eigenvalue weighted by atomic mass is 16.2. The standard InChI is InChI=1S/C19H25N3O/c20-14-15-10-12-22(13-11-15)19(23)21-18(17-8-4-5-9-17)16-6-2-1-3-7-16/h1-3,6-7,15,17-18H,4-5,8-13H2,(H,21,23)/t18-/m0/s1. The molecule has 1 saturated heterocycles. The highest BCUT2D eigenvalue weighted by Crippen LogP contribution is 2.35. The lowest BCUT2D eigenvalue weighted by molar-refractivity contribution is 0.171. The summed E-state index contributed by atoms with van der Waals surface area (Å²) in [6.07, 6.45) is 6.49. The Morgan fingerprint density at radius 1 is 1.13 bits per heavy atom. The summed E-state index contributed by atoms with van der Waals surface area (Å²) in [5.41, 5.74) is 1.21. The molecule has 122 valence electrons. The fourth-order valence-electron chi connectivity index (χ4n) is 3.86. The summed E-state index contributed by atoms with van der Waals surface area (Å²) < 4.78 is 0. The Hall–Kier alpha value is -2.02. The Kier molecular flexibility index (Phi) is 5.17. The molecule has 1 atom stereocenters. The van der Waals surface area contributed by atoms with Crippen LogP contribution in [-0.4, -0.2) is 24.0 Å². The number of nitrogens with one attached hydrogen (secondary N) is 1. The molecule has 0 aromatic heterocycles. The minimum atomic E-state index is 0.0298. The Balaban J connectivity index is 1.66. The summed E-state index contributed by atoms with van der Waals surface area (Å²) in [6.45, 7) is 1.38. The van der Waals surface area contributed by atoms with Crippen LogP contribution in [0.2, 0.25) is 0 Å². The van der Waals surface area contributed by atoms with Crippen molar-refractivity contribution >= 4 is 6.03 Å². The van der Waals surface area contributed by atoms with Crippen LogP contribution >= 0.6 is 0 Å². The molecule has 1 saturated carbocycles. The molecule has 0 bridgehead atoms. The van der Waals surface area contributed by atoms with Crippen molar-refractivity contribution in [2.45, 2.75) is 44.6 Å². The number of amides is 2. The van der Waals surface area contributed by atoms with Crippen LogP contribution in [0.3, 0.4) is 0 Å². The number of piperidine rings is 1. The average molecular weight is 311 g/mol. The SMILES string of the molecule is N#CC1CCN(C(=O)N[C@@H](c2ccccc2)C2CCCC2)CC1. The number of carbonyl (C=O) groups excluding carboxylic acids is 1. The predicted octanol–water partition coefficient (Wildman–Crippen LogP) is 3.86. The highest BCUT2D eigenvalue weighted by Gasteiger charge is 2.30. The summed E-state index contributed by atoms with van der Waals surface area (Å²) in [5.74, 6) is 0.650. The smallest absolute Gasteiger partial charge is 0.317 e. The molecule has 1 aliphatic heterocycles. The second-order valence-electron chi connectivity index (χ2n) is 6.77. The zero-order chi connectivity index (χ0) is 16.1. The van der Waals surface area contributed by atoms with Gasteiger partial charge in [0.25, 0.3) is 0 Å². The van der Waals surface area contributed by atoms with Gasteiger partial charge in [-0.1, -0.05) is 43.2 Å². The van der Waals surface area contributed by atoms with Gasteiger partial charge in [0.1, 0.15) is 0 Å². The summed E-state index contributed by atoms with van der Waals surface area (Å²) in [4.78, 5) is 14.5. The predicted molar refractivity (Wildman–Crippen MR) is 89.6 cm³/mol. The van der Waals surface area contributed by atoms with E-state index in [-0.39, 0.29) is 18.0 Å². The molecule has 2 amide bonds. The molecule has 1 aliphatic carbocycles. The number of likely N-dealkylation sites (tertiary alicyclic amines) is 1. The van der Waals surface area contributed by atoms with Gasteiger partial charge < -0.3 is 10.2 Å². The second-order valence-corrected chi connectivity index (χ2v) is 6.77. The van der Waals surface area contributed by atoms with E-state index >= 15 is 0 Å². The summed E-state index contributed by atoms with van der Waals surface area (Å²) >= 11 is 0. The second kappa shape index (κ2) is 7.50. The van der Waals surface area contributed by atoms with E-state index in [4.69, 9.17) is 5.26 Å². The van der Waals surface area contributed by atoms with Crippen molar-refractivity contribution in [2.24, 2.45) is 11.8 Å². The van der Waals surface area contributed by atoms with E-state index in [1.165, 1.54) is 31.2 Å². The Bertz CT molecular complexity index is 552. The summed E-state index contributed by atoms with van der Waals surface area (Å²) in [6, 6.07) is 12.8. The third-order valence-electron chi connectivity index (χ3n) is 5.27. The van der Waals surface area contributed by atoms with E-state index in [1.54, 1.807) is 0 Å². The van der Waals surface area contributed by atoms with Crippen LogP contribution in [0.5, 0.6) is 0 Å². The molecule has 23 heavy (non-hydrogen) atoms. The van der Waals surface area contributed by atoms with Crippen molar-refractivity contribution < 1.29 is 4.79 Å². The fraction of sp³-hybridized carbons (Fsp3) is 0.579. The van der Waals surface area contributed by atoms with E-state index in [1.807, 2.05) is 23.1 Å². The normalized spacial score (nSPS) is 20.9. The lowest BCUT2D eigenvalue weighted by Crippen LogP contribution is -2.46. The van der Waals surface area contributed by atoms with Gasteiger partial charge in [-0.05, 0) is 37.2 Å². The number of benzene rings is 1. The molecular weight excluding hydrogens is 286 g/mol. The van der Waals surface area contributed by atoms with Gasteiger partial charge in [-0.3, -0.25) is 0 Å². The van der Waals surface area contributed by atoms with Crippen LogP contribution in [0.15, 0.2) is 30.3 Å². The first kappa shape index (κ1) is 15.9. The molecule has 2 fully saturated rings. The molecule has 4 nitrogen and oxygen atoms in total. The molecule has 4 heteroatoms. The molecule has 1 heterocycles. The number of hydrogen-bond donors (Lipinski definition) is 1. The van der Waals surface area contributed by atoms with E-state index in [0.29, 0.717) is 19.0 Å². The molecule has 1 aromatic rings. The maximum atomic E-state index is 12.7. The molecule has 2 aliphatic rings. The van der Waals surface area contributed by atoms with Crippen molar-refractivity contribution in [2.75, 3.05) is 13.1 Å². The van der Waals surface area contributed by atoms with Gasteiger partial charge in [0.05, 0.1) is 12.1 Å². The molecule has 3 rings (SSSR count). The first-order valence-electron chi connectivity index (χ1n) is 8.78. The van der Waals surface area contributed by atoms with Crippen LogP contribution in [0.25, 0.3) is 0 Å². The minimum absolute atomic E-state index is 0.0298. The molecule has 1 aromatic carbocycles. The Morgan fingerprint density at radius 3 is 2.39 bits per heavy atom. The van der Waals surface area contributed by atoms with Crippen molar-refractivity contribution in [3.63, 3.8) is 0 Å². The molecule has 0 radical (unpaired) electrons. The van der Waals surface area contributed by atoms with E-state index in [2.05, 4.69) is 23.5 Å². The number of rotatable bonds is 3. The van der Waals surface area contributed by atoms with Crippen molar-refractivity contribution in [3.05, 3.63) is 35.9 Å². The maximum Gasteiger partial charge on any atom is 0.317 e. The minimum Gasteiger partial charge on any atom is -0.331 e. The van der Waals surface area contributed by atoms with Crippen LogP contribution in [-0.2, 0) is 0 Å². The first-order valence-corrected chi connectivity index (χ1v) is 8.78. The third kappa shape index (κ3) is 3.85. The third-order valence-corrected chi connectivity index (χ3v) is 5.27. The van der Waals surface area contributed by atoms with Gasteiger partial charge in [0.15, 0.2) is 0 Å². The molecular formula is C19H25N3O. The zero-order valence-corrected chi connectivity index (χ0v) is 13.6. The number of urea groups is 1. The topological polar surface area (TPSA) is 56.1 Å². The van der Waals surface area contributed by atoms with Gasteiger partial charge in [-0.2, -0.15) is 5.26 Å². The molecule has 0 spiro atoms. The summed E-state index contributed by atoms with van der Waals surface area (Å²) in [5, 5.41) is 12.3. The van der Waals surface area contributed by atoms with Gasteiger partial charge in [0.2, 0.25) is 0 Å². The van der Waals surface area contributed by atoms with E-state index in [9.17, 15) is 4.79 Å². The summed E-state index contributed by atoms with van der Waals surface area (Å²) in [7, 11) is 0. The number of carbonyl (C=O) groups is 1. The van der Waals surface area contributed by atoms with E-state index < -0.39 is 0 Å². The van der Waals surface area contributed by atoms with Crippen LogP contribution in [0.1, 0.15) is 50.1 Å². The van der Waals surface area contributed by atoms with Crippen LogP contribution in [0, 0.1) is 23.2 Å². The van der Waals surface area contributed by atoms with Crippen LogP contribution < -0.4 is 5.32 Å². The van der Waals surface area contributed by atoms with Gasteiger partial charge in [-0.25, -0.2) is 4.79 Å². The number of nitriles is 1. The lowest BCUT2D eigenvalue weighted by atomic mass is 9.91. The Labute approximate surface area is 138 Å². The van der Waals surface area contributed by atoms with Crippen molar-refractivity contribution in [3.8, 4) is 6.07 Å². The Morgan fingerprint density at radius 2 is 1.78 bits per heavy atom. The van der Waals surface area contributed by atoms with Gasteiger partial charge in [0, 0.05) is 19.0 Å². The quantitative estimate of drug-likeness (QED) is 0.921. The average Bonchev–Trinajstić information content (AvgIpc) is 3.14. The lowest BCUT2D eigenvalue weighted by Gasteiger charge is -2.33. The molecule has 1 N–H and O–H groups in total. The monoisotopic (exact) mass is 311 g/mol.